The quantitative estimate of drug-likeness (QED) is 0.543. The van der Waals surface area contributed by atoms with E-state index in [1.165, 1.54) is 19.2 Å². The van der Waals surface area contributed by atoms with Crippen molar-refractivity contribution in [2.75, 3.05) is 17.1 Å². The molecule has 0 radical (unpaired) electrons. The largest absolute Gasteiger partial charge is 0.508 e. The first-order chi connectivity index (χ1) is 13.3. The molecule has 1 aromatic heterocycles. The molecule has 1 heterocycles. The molecule has 0 aliphatic carbocycles. The summed E-state index contributed by atoms with van der Waals surface area (Å²) in [5, 5.41) is 12.4. The van der Waals surface area contributed by atoms with Gasteiger partial charge in [-0.1, -0.05) is 0 Å². The number of nitrogens with zero attached hydrogens (tertiary/aromatic N) is 1. The molecule has 3 N–H and O–H groups in total. The molecule has 0 saturated heterocycles. The Hall–Kier alpha value is -3.26. The van der Waals surface area contributed by atoms with Crippen molar-refractivity contribution in [1.29, 1.82) is 0 Å². The zero-order chi connectivity index (χ0) is 20.3. The molecule has 2 aromatic carbocycles. The van der Waals surface area contributed by atoms with Gasteiger partial charge >= 0.3 is 0 Å². The second kappa shape index (κ2) is 7.77. The summed E-state index contributed by atoms with van der Waals surface area (Å²) in [6, 6.07) is 12.9. The van der Waals surface area contributed by atoms with Gasteiger partial charge in [0, 0.05) is 11.9 Å². The predicted molar refractivity (Wildman–Crippen MR) is 109 cm³/mol. The Morgan fingerprint density at radius 3 is 2.39 bits per heavy atom. The lowest BCUT2D eigenvalue weighted by atomic mass is 10.1. The Kier molecular flexibility index (Phi) is 5.41. The highest BCUT2D eigenvalue weighted by Gasteiger charge is 2.22. The van der Waals surface area contributed by atoms with Gasteiger partial charge in [0.1, 0.15) is 16.4 Å². The Morgan fingerprint density at radius 1 is 1.04 bits per heavy atom. The first-order valence-electron chi connectivity index (χ1n) is 8.49. The number of rotatable bonds is 6. The Bertz CT molecular complexity index is 1100. The van der Waals surface area contributed by atoms with Gasteiger partial charge in [-0.3, -0.25) is 4.72 Å². The molecular weight excluding hydrogens is 378 g/mol. The predicted octanol–water partition coefficient (Wildman–Crippen LogP) is 3.96. The molecule has 146 valence electrons. The Labute approximate surface area is 164 Å². The molecule has 0 bridgehead atoms. The number of hydrogen-bond acceptors (Lipinski definition) is 6. The van der Waals surface area contributed by atoms with E-state index in [2.05, 4.69) is 15.0 Å². The number of nitrogens with one attached hydrogen (secondary N) is 2. The van der Waals surface area contributed by atoms with Gasteiger partial charge in [0.05, 0.1) is 12.8 Å². The van der Waals surface area contributed by atoms with Gasteiger partial charge in [0.15, 0.2) is 5.82 Å². The molecule has 0 amide bonds. The van der Waals surface area contributed by atoms with Crippen LogP contribution in [0.5, 0.6) is 11.5 Å². The number of phenols is 1. The van der Waals surface area contributed by atoms with Crippen LogP contribution in [0.4, 0.5) is 17.2 Å². The highest BCUT2D eigenvalue weighted by atomic mass is 32.2. The minimum atomic E-state index is -3.91. The van der Waals surface area contributed by atoms with Crippen molar-refractivity contribution in [2.45, 2.75) is 18.7 Å². The number of pyridine rings is 1. The molecule has 0 spiro atoms. The molecule has 7 nitrogen and oxygen atoms in total. The van der Waals surface area contributed by atoms with E-state index in [4.69, 9.17) is 4.74 Å². The summed E-state index contributed by atoms with van der Waals surface area (Å²) in [4.78, 5) is 4.27. The van der Waals surface area contributed by atoms with Crippen LogP contribution in [-0.4, -0.2) is 25.6 Å². The van der Waals surface area contributed by atoms with Crippen molar-refractivity contribution >= 4 is 27.2 Å². The lowest BCUT2D eigenvalue weighted by Gasteiger charge is -2.16. The van der Waals surface area contributed by atoms with Crippen molar-refractivity contribution in [3.05, 3.63) is 65.9 Å². The van der Waals surface area contributed by atoms with Crippen molar-refractivity contribution in [2.24, 2.45) is 0 Å². The fraction of sp³-hybridized carbons (Fsp3) is 0.150. The third-order valence-electron chi connectivity index (χ3n) is 4.25. The van der Waals surface area contributed by atoms with Crippen molar-refractivity contribution < 1.29 is 18.3 Å². The number of aromatic hydroxyl groups is 1. The van der Waals surface area contributed by atoms with Crippen LogP contribution < -0.4 is 14.8 Å². The summed E-state index contributed by atoms with van der Waals surface area (Å²) in [7, 11) is -2.48. The lowest BCUT2D eigenvalue weighted by molar-refractivity contribution is 0.402. The number of sulfonamides is 1. The van der Waals surface area contributed by atoms with Gasteiger partial charge in [-0.2, -0.15) is 0 Å². The van der Waals surface area contributed by atoms with E-state index >= 15 is 0 Å². The molecule has 0 saturated carbocycles. The molecular formula is C20H21N3O4S. The Balaban J connectivity index is 1.95. The van der Waals surface area contributed by atoms with Crippen LogP contribution in [-0.2, 0) is 10.0 Å². The van der Waals surface area contributed by atoms with Gasteiger partial charge in [0.25, 0.3) is 10.0 Å². The van der Waals surface area contributed by atoms with E-state index in [0.29, 0.717) is 11.5 Å². The highest BCUT2D eigenvalue weighted by molar-refractivity contribution is 7.92. The summed E-state index contributed by atoms with van der Waals surface area (Å²) < 4.78 is 33.9. The number of aryl methyl sites for hydroxylation is 2. The fourth-order valence-electron chi connectivity index (χ4n) is 2.60. The monoisotopic (exact) mass is 399 g/mol. The number of anilines is 3. The third-order valence-corrected chi connectivity index (χ3v) is 5.64. The molecule has 0 atom stereocenters. The number of phenolic OH excluding ortho intramolecular Hbond substituents is 1. The molecule has 0 unspecified atom stereocenters. The van der Waals surface area contributed by atoms with E-state index < -0.39 is 10.0 Å². The molecule has 3 aromatic rings. The van der Waals surface area contributed by atoms with E-state index in [0.717, 1.165) is 11.1 Å². The van der Waals surface area contributed by atoms with Crippen molar-refractivity contribution in [3.63, 3.8) is 0 Å². The summed E-state index contributed by atoms with van der Waals surface area (Å²) in [6.07, 6.45) is 1.55. The topological polar surface area (TPSA) is 101 Å². The van der Waals surface area contributed by atoms with Gasteiger partial charge < -0.3 is 15.2 Å². The summed E-state index contributed by atoms with van der Waals surface area (Å²) in [6.45, 7) is 3.73. The maximum atomic E-state index is 13.0. The van der Waals surface area contributed by atoms with E-state index in [1.54, 1.807) is 42.6 Å². The Morgan fingerprint density at radius 2 is 1.71 bits per heavy atom. The van der Waals surface area contributed by atoms with Crippen LogP contribution in [0.2, 0.25) is 0 Å². The highest BCUT2D eigenvalue weighted by Crippen LogP contribution is 2.31. The average molecular weight is 399 g/mol. The standard InChI is InChI=1S/C20H21N3O4S/c1-13-11-18(27-3)19(12-14(13)2)28(25,26)23-17-5-4-10-21-20(17)22-15-6-8-16(24)9-7-15/h4-12,23-24H,1-3H3,(H,21,22). The van der Waals surface area contributed by atoms with Crippen LogP contribution in [0.1, 0.15) is 11.1 Å². The normalized spacial score (nSPS) is 11.1. The van der Waals surface area contributed by atoms with Crippen LogP contribution >= 0.6 is 0 Å². The number of benzene rings is 2. The van der Waals surface area contributed by atoms with Gasteiger partial charge in [0.2, 0.25) is 0 Å². The van der Waals surface area contributed by atoms with Gasteiger partial charge in [-0.25, -0.2) is 13.4 Å². The minimum absolute atomic E-state index is 0.0533. The molecule has 8 heteroatoms. The number of hydrogen-bond donors (Lipinski definition) is 3. The van der Waals surface area contributed by atoms with Crippen LogP contribution in [0, 0.1) is 13.8 Å². The first kappa shape index (κ1) is 19.5. The van der Waals surface area contributed by atoms with E-state index in [1.807, 2.05) is 13.8 Å². The SMILES string of the molecule is COc1cc(C)c(C)cc1S(=O)(=O)Nc1cccnc1Nc1ccc(O)cc1. The smallest absolute Gasteiger partial charge is 0.265 e. The summed E-state index contributed by atoms with van der Waals surface area (Å²) in [5.41, 5.74) is 2.72. The van der Waals surface area contributed by atoms with Gasteiger partial charge in [-0.05, 0) is 73.5 Å². The second-order valence-electron chi connectivity index (χ2n) is 6.26. The maximum Gasteiger partial charge on any atom is 0.265 e. The maximum absolute atomic E-state index is 13.0. The third kappa shape index (κ3) is 4.17. The summed E-state index contributed by atoms with van der Waals surface area (Å²) >= 11 is 0. The van der Waals surface area contributed by atoms with Crippen LogP contribution in [0.25, 0.3) is 0 Å². The van der Waals surface area contributed by atoms with E-state index in [-0.39, 0.29) is 22.1 Å². The van der Waals surface area contributed by atoms with E-state index in [9.17, 15) is 13.5 Å². The first-order valence-corrected chi connectivity index (χ1v) is 9.97. The van der Waals surface area contributed by atoms with Crippen molar-refractivity contribution in [1.82, 2.24) is 4.98 Å². The molecule has 3 rings (SSSR count). The average Bonchev–Trinajstić information content (AvgIpc) is 2.66. The molecule has 28 heavy (non-hydrogen) atoms. The molecule has 0 aliphatic heterocycles. The number of aromatic nitrogens is 1. The van der Waals surface area contributed by atoms with Crippen LogP contribution in [0.3, 0.4) is 0 Å². The van der Waals surface area contributed by atoms with Gasteiger partial charge in [-0.15, -0.1) is 0 Å². The zero-order valence-electron chi connectivity index (χ0n) is 15.7. The lowest BCUT2D eigenvalue weighted by Crippen LogP contribution is -2.16. The second-order valence-corrected chi connectivity index (χ2v) is 7.92. The summed E-state index contributed by atoms with van der Waals surface area (Å²) in [5.74, 6) is 0.737. The number of methoxy groups -OCH3 is 1. The fourth-order valence-corrected chi connectivity index (χ4v) is 3.90. The molecule has 0 fully saturated rings. The zero-order valence-corrected chi connectivity index (χ0v) is 16.5. The van der Waals surface area contributed by atoms with Crippen molar-refractivity contribution in [3.8, 4) is 11.5 Å². The molecule has 0 aliphatic rings. The number of ether oxygens (including phenoxy) is 1. The minimum Gasteiger partial charge on any atom is -0.508 e. The van der Waals surface area contributed by atoms with Crippen LogP contribution in [0.15, 0.2) is 59.6 Å².